The molecule has 30 heavy (non-hydrogen) atoms. The molecule has 148 valence electrons. The van der Waals surface area contributed by atoms with Crippen LogP contribution in [0.15, 0.2) is 97.3 Å². The quantitative estimate of drug-likeness (QED) is 0.480. The van der Waals surface area contributed by atoms with Crippen molar-refractivity contribution in [3.05, 3.63) is 103 Å². The summed E-state index contributed by atoms with van der Waals surface area (Å²) < 4.78 is 5.78. The number of hydrogen-bond donors (Lipinski definition) is 1. The van der Waals surface area contributed by atoms with E-state index in [-0.39, 0.29) is 5.91 Å². The van der Waals surface area contributed by atoms with Gasteiger partial charge in [-0.15, -0.1) is 0 Å². The lowest BCUT2D eigenvalue weighted by molar-refractivity contribution is 0.0992. The third kappa shape index (κ3) is 4.62. The van der Waals surface area contributed by atoms with Gasteiger partial charge in [-0.3, -0.25) is 4.79 Å². The van der Waals surface area contributed by atoms with Gasteiger partial charge in [-0.2, -0.15) is 0 Å². The Morgan fingerprint density at radius 1 is 0.800 bits per heavy atom. The lowest BCUT2D eigenvalue weighted by Crippen LogP contribution is -2.26. The highest BCUT2D eigenvalue weighted by molar-refractivity contribution is 6.05. The minimum Gasteiger partial charge on any atom is -0.457 e. The molecule has 0 saturated carbocycles. The number of benzene rings is 3. The first-order valence-electron chi connectivity index (χ1n) is 9.44. The number of hydrogen-bond acceptors (Lipinski definition) is 5. The number of amides is 1. The van der Waals surface area contributed by atoms with Gasteiger partial charge in [0.15, 0.2) is 0 Å². The Labute approximate surface area is 174 Å². The molecule has 0 bridgehead atoms. The first kappa shape index (κ1) is 19.1. The molecule has 0 atom stereocenters. The van der Waals surface area contributed by atoms with Gasteiger partial charge in [0.25, 0.3) is 5.91 Å². The molecule has 1 amide bonds. The summed E-state index contributed by atoms with van der Waals surface area (Å²) >= 11 is 0. The van der Waals surface area contributed by atoms with Crippen LogP contribution in [-0.2, 0) is 0 Å². The van der Waals surface area contributed by atoms with Crippen LogP contribution in [-0.4, -0.2) is 22.9 Å². The average molecular weight is 396 g/mol. The Kier molecular flexibility index (Phi) is 5.66. The van der Waals surface area contributed by atoms with Crippen molar-refractivity contribution < 1.29 is 9.53 Å². The number of aromatic nitrogens is 2. The predicted molar refractivity (Wildman–Crippen MR) is 117 cm³/mol. The van der Waals surface area contributed by atoms with E-state index in [0.717, 1.165) is 22.9 Å². The normalized spacial score (nSPS) is 10.3. The van der Waals surface area contributed by atoms with Gasteiger partial charge in [-0.25, -0.2) is 9.97 Å². The van der Waals surface area contributed by atoms with Crippen molar-refractivity contribution in [1.29, 1.82) is 0 Å². The van der Waals surface area contributed by atoms with Crippen molar-refractivity contribution in [3.63, 3.8) is 0 Å². The zero-order chi connectivity index (χ0) is 20.8. The highest BCUT2D eigenvalue weighted by Crippen LogP contribution is 2.23. The molecule has 0 aliphatic carbocycles. The van der Waals surface area contributed by atoms with Crippen LogP contribution in [0.4, 0.5) is 17.3 Å². The Bertz CT molecular complexity index is 1100. The van der Waals surface area contributed by atoms with E-state index in [2.05, 4.69) is 15.3 Å². The van der Waals surface area contributed by atoms with E-state index in [1.165, 1.54) is 12.4 Å². The van der Waals surface area contributed by atoms with Crippen LogP contribution < -0.4 is 15.0 Å². The van der Waals surface area contributed by atoms with Crippen molar-refractivity contribution in [3.8, 4) is 11.5 Å². The molecule has 6 heteroatoms. The second-order valence-corrected chi connectivity index (χ2v) is 6.56. The summed E-state index contributed by atoms with van der Waals surface area (Å²) in [5.41, 5.74) is 2.04. The Balaban J connectivity index is 1.39. The Hall–Kier alpha value is -4.19. The fourth-order valence-corrected chi connectivity index (χ4v) is 2.83. The van der Waals surface area contributed by atoms with Crippen molar-refractivity contribution in [2.45, 2.75) is 0 Å². The lowest BCUT2D eigenvalue weighted by Gasteiger charge is -2.17. The summed E-state index contributed by atoms with van der Waals surface area (Å²) in [5, 5.41) is 3.12. The molecule has 0 aliphatic rings. The number of anilines is 3. The predicted octanol–water partition coefficient (Wildman–Crippen LogP) is 5.29. The molecule has 3 aromatic carbocycles. The maximum Gasteiger partial charge on any atom is 0.261 e. The summed E-state index contributed by atoms with van der Waals surface area (Å²) in [6, 6.07) is 26.5. The molecule has 0 spiro atoms. The molecule has 0 saturated heterocycles. The minimum atomic E-state index is -0.171. The summed E-state index contributed by atoms with van der Waals surface area (Å²) in [6.45, 7) is 0. The highest BCUT2D eigenvalue weighted by Gasteiger charge is 2.14. The second kappa shape index (κ2) is 8.87. The molecule has 1 N–H and O–H groups in total. The Morgan fingerprint density at radius 3 is 2.00 bits per heavy atom. The zero-order valence-electron chi connectivity index (χ0n) is 16.4. The first-order chi connectivity index (χ1) is 14.7. The molecule has 0 radical (unpaired) electrons. The van der Waals surface area contributed by atoms with Gasteiger partial charge in [0, 0.05) is 30.8 Å². The first-order valence-corrected chi connectivity index (χ1v) is 9.44. The van der Waals surface area contributed by atoms with Gasteiger partial charge in [0.1, 0.15) is 11.5 Å². The topological polar surface area (TPSA) is 67.4 Å². The van der Waals surface area contributed by atoms with E-state index in [1.807, 2.05) is 84.9 Å². The largest absolute Gasteiger partial charge is 0.457 e. The van der Waals surface area contributed by atoms with Gasteiger partial charge in [0.05, 0.1) is 5.56 Å². The third-order valence-electron chi connectivity index (χ3n) is 4.44. The third-order valence-corrected chi connectivity index (χ3v) is 4.44. The summed E-state index contributed by atoms with van der Waals surface area (Å²) in [5.74, 6) is 1.75. The zero-order valence-corrected chi connectivity index (χ0v) is 16.4. The van der Waals surface area contributed by atoms with Crippen LogP contribution in [0.1, 0.15) is 10.4 Å². The summed E-state index contributed by atoms with van der Waals surface area (Å²) in [7, 11) is 1.73. The number of ether oxygens (including phenoxy) is 1. The molecule has 6 nitrogen and oxygen atoms in total. The average Bonchev–Trinajstić information content (AvgIpc) is 2.81. The van der Waals surface area contributed by atoms with E-state index in [9.17, 15) is 4.79 Å². The number of nitrogens with one attached hydrogen (secondary N) is 1. The monoisotopic (exact) mass is 396 g/mol. The summed E-state index contributed by atoms with van der Waals surface area (Å²) in [4.78, 5) is 22.7. The van der Waals surface area contributed by atoms with Crippen molar-refractivity contribution in [2.75, 3.05) is 17.3 Å². The van der Waals surface area contributed by atoms with Gasteiger partial charge in [-0.1, -0.05) is 36.4 Å². The van der Waals surface area contributed by atoms with Gasteiger partial charge in [0.2, 0.25) is 5.95 Å². The van der Waals surface area contributed by atoms with Crippen LogP contribution in [0.2, 0.25) is 0 Å². The van der Waals surface area contributed by atoms with E-state index in [1.54, 1.807) is 11.9 Å². The van der Waals surface area contributed by atoms with Gasteiger partial charge < -0.3 is 15.0 Å². The van der Waals surface area contributed by atoms with Crippen molar-refractivity contribution in [1.82, 2.24) is 9.97 Å². The van der Waals surface area contributed by atoms with Crippen LogP contribution in [0.3, 0.4) is 0 Å². The smallest absolute Gasteiger partial charge is 0.261 e. The number of nitrogens with zero attached hydrogens (tertiary/aromatic N) is 3. The minimum absolute atomic E-state index is 0.171. The van der Waals surface area contributed by atoms with E-state index < -0.39 is 0 Å². The Morgan fingerprint density at radius 2 is 1.37 bits per heavy atom. The maximum atomic E-state index is 12.6. The van der Waals surface area contributed by atoms with Crippen LogP contribution in [0.5, 0.6) is 11.5 Å². The number of carbonyl (C=O) groups excluding carboxylic acids is 1. The highest BCUT2D eigenvalue weighted by atomic mass is 16.5. The van der Waals surface area contributed by atoms with E-state index in [0.29, 0.717) is 11.5 Å². The number of carbonyl (C=O) groups is 1. The molecular formula is C24H20N4O2. The summed E-state index contributed by atoms with van der Waals surface area (Å²) in [6.07, 6.45) is 3.04. The number of para-hydroxylation sites is 2. The molecule has 0 unspecified atom stereocenters. The second-order valence-electron chi connectivity index (χ2n) is 6.56. The lowest BCUT2D eigenvalue weighted by atomic mass is 10.2. The van der Waals surface area contributed by atoms with Gasteiger partial charge >= 0.3 is 0 Å². The molecular weight excluding hydrogens is 376 g/mol. The molecule has 1 heterocycles. The van der Waals surface area contributed by atoms with Gasteiger partial charge in [-0.05, 0) is 48.5 Å². The number of rotatable bonds is 6. The maximum absolute atomic E-state index is 12.6. The molecule has 1 aromatic heterocycles. The SMILES string of the molecule is CN(C(=O)c1cnc(Nc2ccc(Oc3ccccc3)cc2)nc1)c1ccccc1. The molecule has 4 aromatic rings. The van der Waals surface area contributed by atoms with E-state index in [4.69, 9.17) is 4.74 Å². The van der Waals surface area contributed by atoms with Crippen molar-refractivity contribution >= 4 is 23.2 Å². The van der Waals surface area contributed by atoms with Crippen LogP contribution in [0.25, 0.3) is 0 Å². The molecule has 0 aliphatic heterocycles. The van der Waals surface area contributed by atoms with Crippen molar-refractivity contribution in [2.24, 2.45) is 0 Å². The van der Waals surface area contributed by atoms with E-state index >= 15 is 0 Å². The molecule has 4 rings (SSSR count). The standard InChI is InChI=1S/C24H20N4O2/c1-28(20-8-4-2-5-9-20)23(29)18-16-25-24(26-17-18)27-19-12-14-22(15-13-19)30-21-10-6-3-7-11-21/h2-17H,1H3,(H,25,26,27). The van der Waals surface area contributed by atoms with Crippen LogP contribution >= 0.6 is 0 Å². The fraction of sp³-hybridized carbons (Fsp3) is 0.0417. The fourth-order valence-electron chi connectivity index (χ4n) is 2.83. The van der Waals surface area contributed by atoms with Crippen LogP contribution in [0, 0.1) is 0 Å². The molecule has 0 fully saturated rings.